The predicted octanol–water partition coefficient (Wildman–Crippen LogP) is 4.34. The summed E-state index contributed by atoms with van der Waals surface area (Å²) in [5.41, 5.74) is 3.07. The van der Waals surface area contributed by atoms with Crippen LogP contribution in [0.15, 0.2) is 59.3 Å². The fourth-order valence-electron chi connectivity index (χ4n) is 2.65. The Kier molecular flexibility index (Phi) is 4.28. The molecule has 7 heteroatoms. The second-order valence-corrected chi connectivity index (χ2v) is 6.32. The number of anilines is 2. The highest BCUT2D eigenvalue weighted by atomic mass is 32.1. The van der Waals surface area contributed by atoms with Crippen molar-refractivity contribution in [3.8, 4) is 22.6 Å². The predicted molar refractivity (Wildman–Crippen MR) is 99.9 cm³/mol. The monoisotopic (exact) mass is 366 g/mol. The average molecular weight is 366 g/mol. The molecule has 0 saturated carbocycles. The van der Waals surface area contributed by atoms with Crippen molar-refractivity contribution in [3.63, 3.8) is 0 Å². The minimum Gasteiger partial charge on any atom is -0.454 e. The first-order chi connectivity index (χ1) is 12.7. The maximum Gasteiger partial charge on any atom is 0.332 e. The maximum absolute atomic E-state index is 12.6. The number of nitrogens with one attached hydrogen (secondary N) is 1. The van der Waals surface area contributed by atoms with Gasteiger partial charge in [-0.3, -0.25) is 4.79 Å². The molecule has 0 saturated heterocycles. The lowest BCUT2D eigenvalue weighted by Gasteiger charge is -2.17. The number of thiophene rings is 1. The van der Waals surface area contributed by atoms with Gasteiger partial charge in [-0.15, -0.1) is 0 Å². The normalized spacial score (nSPS) is 11.8. The van der Waals surface area contributed by atoms with Crippen molar-refractivity contribution in [1.29, 1.82) is 0 Å². The number of nitrogens with zero attached hydrogens (tertiary/aromatic N) is 1. The van der Waals surface area contributed by atoms with Crippen LogP contribution in [0.4, 0.5) is 16.2 Å². The van der Waals surface area contributed by atoms with E-state index in [9.17, 15) is 9.59 Å². The highest BCUT2D eigenvalue weighted by Gasteiger charge is 2.20. The van der Waals surface area contributed by atoms with Gasteiger partial charge in [0.2, 0.25) is 13.2 Å². The number of amides is 3. The molecule has 1 aliphatic rings. The number of carbonyl (C=O) groups is 2. The summed E-state index contributed by atoms with van der Waals surface area (Å²) in [5.74, 6) is 1.09. The summed E-state index contributed by atoms with van der Waals surface area (Å²) in [6.45, 7) is 0.126. The van der Waals surface area contributed by atoms with Crippen molar-refractivity contribution in [1.82, 2.24) is 0 Å². The van der Waals surface area contributed by atoms with Crippen molar-refractivity contribution in [2.45, 2.75) is 0 Å². The lowest BCUT2D eigenvalue weighted by Crippen LogP contribution is -2.33. The zero-order chi connectivity index (χ0) is 17.9. The van der Waals surface area contributed by atoms with Gasteiger partial charge in [0.1, 0.15) is 0 Å². The van der Waals surface area contributed by atoms with Gasteiger partial charge in [-0.25, -0.2) is 9.69 Å². The quantitative estimate of drug-likeness (QED) is 0.698. The van der Waals surface area contributed by atoms with Gasteiger partial charge in [0.15, 0.2) is 11.5 Å². The molecule has 0 radical (unpaired) electrons. The van der Waals surface area contributed by atoms with Crippen LogP contribution in [-0.4, -0.2) is 19.2 Å². The maximum atomic E-state index is 12.6. The van der Waals surface area contributed by atoms with Crippen LogP contribution >= 0.6 is 11.3 Å². The lowest BCUT2D eigenvalue weighted by molar-refractivity contribution is -0.106. The first kappa shape index (κ1) is 16.2. The molecule has 3 amide bonds. The summed E-state index contributed by atoms with van der Waals surface area (Å²) < 4.78 is 10.5. The number of hydrogen-bond donors (Lipinski definition) is 1. The van der Waals surface area contributed by atoms with Gasteiger partial charge in [0.25, 0.3) is 0 Å². The number of benzene rings is 2. The van der Waals surface area contributed by atoms with Crippen LogP contribution in [0, 0.1) is 0 Å². The number of hydrogen-bond acceptors (Lipinski definition) is 5. The second-order valence-electron chi connectivity index (χ2n) is 5.54. The molecule has 130 valence electrons. The van der Waals surface area contributed by atoms with E-state index in [2.05, 4.69) is 5.32 Å². The Morgan fingerprint density at radius 2 is 1.96 bits per heavy atom. The third-order valence-corrected chi connectivity index (χ3v) is 4.61. The molecular weight excluding hydrogens is 352 g/mol. The number of ether oxygens (including phenoxy) is 2. The van der Waals surface area contributed by atoms with E-state index < -0.39 is 6.03 Å². The van der Waals surface area contributed by atoms with Gasteiger partial charge in [0.05, 0.1) is 5.69 Å². The molecule has 3 aromatic rings. The molecule has 1 aliphatic heterocycles. The number of urea groups is 1. The van der Waals surface area contributed by atoms with E-state index in [1.165, 1.54) is 0 Å². The summed E-state index contributed by atoms with van der Waals surface area (Å²) in [7, 11) is 0. The fraction of sp³-hybridized carbons (Fsp3) is 0.0526. The van der Waals surface area contributed by atoms with Crippen molar-refractivity contribution < 1.29 is 19.1 Å². The van der Waals surface area contributed by atoms with Gasteiger partial charge < -0.3 is 14.8 Å². The average Bonchev–Trinajstić information content (AvgIpc) is 3.34. The van der Waals surface area contributed by atoms with E-state index in [0.29, 0.717) is 29.3 Å². The summed E-state index contributed by atoms with van der Waals surface area (Å²) in [6, 6.07) is 13.8. The van der Waals surface area contributed by atoms with E-state index in [4.69, 9.17) is 9.47 Å². The van der Waals surface area contributed by atoms with Crippen molar-refractivity contribution in [3.05, 3.63) is 59.3 Å². The lowest BCUT2D eigenvalue weighted by atomic mass is 10.1. The van der Waals surface area contributed by atoms with Crippen LogP contribution in [0.1, 0.15) is 0 Å². The Balaban J connectivity index is 1.55. The first-order valence-electron chi connectivity index (χ1n) is 7.82. The molecule has 2 heterocycles. The Labute approximate surface area is 153 Å². The molecule has 0 bridgehead atoms. The van der Waals surface area contributed by atoms with Crippen LogP contribution in [0.25, 0.3) is 11.1 Å². The number of fused-ring (bicyclic) bond motifs is 1. The summed E-state index contributed by atoms with van der Waals surface area (Å²) >= 11 is 1.61. The third kappa shape index (κ3) is 3.12. The van der Waals surface area contributed by atoms with Crippen LogP contribution in [-0.2, 0) is 4.79 Å². The Morgan fingerprint density at radius 3 is 2.77 bits per heavy atom. The molecule has 0 fully saturated rings. The number of rotatable bonds is 4. The van der Waals surface area contributed by atoms with E-state index >= 15 is 0 Å². The van der Waals surface area contributed by atoms with E-state index in [1.54, 1.807) is 35.6 Å². The molecule has 2 aromatic carbocycles. The molecular formula is C19H14N2O4S. The highest BCUT2D eigenvalue weighted by molar-refractivity contribution is 7.08. The van der Waals surface area contributed by atoms with Crippen LogP contribution in [0.2, 0.25) is 0 Å². The fourth-order valence-corrected chi connectivity index (χ4v) is 3.31. The minimum absolute atomic E-state index is 0.126. The van der Waals surface area contributed by atoms with E-state index in [1.807, 2.05) is 35.0 Å². The summed E-state index contributed by atoms with van der Waals surface area (Å²) in [6.07, 6.45) is 0.468. The van der Waals surface area contributed by atoms with Crippen LogP contribution in [0.3, 0.4) is 0 Å². The van der Waals surface area contributed by atoms with Gasteiger partial charge in [-0.05, 0) is 52.2 Å². The standard InChI is InChI=1S/C19H14N2O4S/c22-11-21(16-4-5-17-18(9-16)25-12-24-17)19(23)20-15-3-1-2-13(8-15)14-6-7-26-10-14/h1-11H,12H2,(H,20,23). The second kappa shape index (κ2) is 6.89. The topological polar surface area (TPSA) is 67.9 Å². The molecule has 1 aromatic heterocycles. The molecule has 6 nitrogen and oxygen atoms in total. The number of carbonyl (C=O) groups excluding carboxylic acids is 2. The Bertz CT molecular complexity index is 956. The zero-order valence-electron chi connectivity index (χ0n) is 13.5. The van der Waals surface area contributed by atoms with Crippen LogP contribution < -0.4 is 19.7 Å². The molecule has 0 atom stereocenters. The van der Waals surface area contributed by atoms with E-state index in [-0.39, 0.29) is 6.79 Å². The molecule has 1 N–H and O–H groups in total. The minimum atomic E-state index is -0.554. The van der Waals surface area contributed by atoms with Gasteiger partial charge >= 0.3 is 6.03 Å². The van der Waals surface area contributed by atoms with Crippen molar-refractivity contribution in [2.75, 3.05) is 17.0 Å². The van der Waals surface area contributed by atoms with Crippen molar-refractivity contribution in [2.24, 2.45) is 0 Å². The zero-order valence-corrected chi connectivity index (χ0v) is 14.4. The summed E-state index contributed by atoms with van der Waals surface area (Å²) in [4.78, 5) is 25.0. The third-order valence-electron chi connectivity index (χ3n) is 3.93. The van der Waals surface area contributed by atoms with E-state index in [0.717, 1.165) is 16.0 Å². The SMILES string of the molecule is O=CN(C(=O)Nc1cccc(-c2ccsc2)c1)c1ccc2c(c1)OCO2. The van der Waals surface area contributed by atoms with Gasteiger partial charge in [0, 0.05) is 11.8 Å². The Hall–Kier alpha value is -3.32. The van der Waals surface area contributed by atoms with Crippen LogP contribution in [0.5, 0.6) is 11.5 Å². The summed E-state index contributed by atoms with van der Waals surface area (Å²) in [5, 5.41) is 6.78. The largest absolute Gasteiger partial charge is 0.454 e. The van der Waals surface area contributed by atoms with Crippen molar-refractivity contribution >= 4 is 35.2 Å². The number of imide groups is 1. The Morgan fingerprint density at radius 1 is 1.08 bits per heavy atom. The smallest absolute Gasteiger partial charge is 0.332 e. The molecule has 26 heavy (non-hydrogen) atoms. The highest BCUT2D eigenvalue weighted by Crippen LogP contribution is 2.35. The first-order valence-corrected chi connectivity index (χ1v) is 8.77. The molecule has 0 unspecified atom stereocenters. The molecule has 0 spiro atoms. The molecule has 0 aliphatic carbocycles. The molecule has 4 rings (SSSR count). The van der Waals surface area contributed by atoms with Gasteiger partial charge in [-0.2, -0.15) is 11.3 Å². The van der Waals surface area contributed by atoms with Gasteiger partial charge in [-0.1, -0.05) is 12.1 Å².